The smallest absolute Gasteiger partial charge is 0.276 e. The van der Waals surface area contributed by atoms with Crippen molar-refractivity contribution in [3.8, 4) is 5.75 Å². The van der Waals surface area contributed by atoms with Crippen LogP contribution in [0.15, 0.2) is 24.3 Å². The number of fused-ring (bicyclic) bond motifs is 1. The van der Waals surface area contributed by atoms with Gasteiger partial charge in [-0.25, -0.2) is 0 Å². The number of nitrogens with zero attached hydrogens (tertiary/aromatic N) is 2. The molecule has 1 aromatic heterocycles. The molecule has 0 unspecified atom stereocenters. The molecule has 1 aliphatic rings. The van der Waals surface area contributed by atoms with Crippen LogP contribution in [0.2, 0.25) is 0 Å². The molecule has 5 nitrogen and oxygen atoms in total. The number of aromatic nitrogens is 2. The first-order valence-corrected chi connectivity index (χ1v) is 7.68. The Morgan fingerprint density at radius 3 is 2.86 bits per heavy atom. The van der Waals surface area contributed by atoms with Crippen molar-refractivity contribution in [1.82, 2.24) is 9.78 Å². The van der Waals surface area contributed by atoms with E-state index in [0.717, 1.165) is 24.8 Å². The lowest BCUT2D eigenvalue weighted by Crippen LogP contribution is -2.16. The maximum absolute atomic E-state index is 12.6. The first-order chi connectivity index (χ1) is 10.6. The lowest BCUT2D eigenvalue weighted by molar-refractivity contribution is 0.102. The largest absolute Gasteiger partial charge is 0.489 e. The maximum atomic E-state index is 12.6. The SMILES string of the molecule is CC(C)Oc1ccccc1NC(=O)c1nn(C)c2c1CCC2. The molecule has 3 rings (SSSR count). The highest BCUT2D eigenvalue weighted by Crippen LogP contribution is 2.28. The summed E-state index contributed by atoms with van der Waals surface area (Å²) in [6.45, 7) is 3.93. The molecular weight excluding hydrogens is 278 g/mol. The van der Waals surface area contributed by atoms with E-state index in [-0.39, 0.29) is 12.0 Å². The van der Waals surface area contributed by atoms with E-state index < -0.39 is 0 Å². The van der Waals surface area contributed by atoms with Crippen LogP contribution in [0.1, 0.15) is 42.0 Å². The number of carbonyl (C=O) groups is 1. The van der Waals surface area contributed by atoms with Crippen LogP contribution in [-0.4, -0.2) is 21.8 Å². The Labute approximate surface area is 130 Å². The van der Waals surface area contributed by atoms with Gasteiger partial charge in [-0.2, -0.15) is 5.10 Å². The molecule has 0 atom stereocenters. The quantitative estimate of drug-likeness (QED) is 0.944. The zero-order valence-corrected chi connectivity index (χ0v) is 13.2. The van der Waals surface area contributed by atoms with E-state index in [1.807, 2.05) is 49.8 Å². The van der Waals surface area contributed by atoms with Gasteiger partial charge in [0, 0.05) is 18.3 Å². The number of nitrogens with one attached hydrogen (secondary N) is 1. The lowest BCUT2D eigenvalue weighted by atomic mass is 10.2. The first kappa shape index (κ1) is 14.6. The summed E-state index contributed by atoms with van der Waals surface area (Å²) < 4.78 is 7.57. The van der Waals surface area contributed by atoms with Crippen molar-refractivity contribution in [3.63, 3.8) is 0 Å². The fraction of sp³-hybridized carbons (Fsp3) is 0.412. The zero-order chi connectivity index (χ0) is 15.7. The van der Waals surface area contributed by atoms with E-state index in [2.05, 4.69) is 10.4 Å². The van der Waals surface area contributed by atoms with Gasteiger partial charge in [0.1, 0.15) is 5.75 Å². The van der Waals surface area contributed by atoms with Gasteiger partial charge in [-0.3, -0.25) is 9.48 Å². The Hall–Kier alpha value is -2.30. The van der Waals surface area contributed by atoms with Gasteiger partial charge >= 0.3 is 0 Å². The third kappa shape index (κ3) is 2.71. The molecule has 1 heterocycles. The average molecular weight is 299 g/mol. The van der Waals surface area contributed by atoms with Crippen LogP contribution in [0, 0.1) is 0 Å². The van der Waals surface area contributed by atoms with Gasteiger partial charge in [0.15, 0.2) is 5.69 Å². The molecule has 1 amide bonds. The number of aryl methyl sites for hydroxylation is 1. The predicted octanol–water partition coefficient (Wildman–Crippen LogP) is 2.95. The summed E-state index contributed by atoms with van der Waals surface area (Å²) in [5, 5.41) is 7.32. The van der Waals surface area contributed by atoms with Crippen LogP contribution in [0.3, 0.4) is 0 Å². The average Bonchev–Trinajstić information content (AvgIpc) is 3.05. The number of ether oxygens (including phenoxy) is 1. The van der Waals surface area contributed by atoms with Crippen molar-refractivity contribution >= 4 is 11.6 Å². The van der Waals surface area contributed by atoms with Crippen molar-refractivity contribution in [1.29, 1.82) is 0 Å². The van der Waals surface area contributed by atoms with E-state index in [1.165, 1.54) is 5.69 Å². The van der Waals surface area contributed by atoms with Gasteiger partial charge in [0.2, 0.25) is 0 Å². The van der Waals surface area contributed by atoms with Crippen molar-refractivity contribution < 1.29 is 9.53 Å². The molecule has 1 aliphatic carbocycles. The van der Waals surface area contributed by atoms with Crippen molar-refractivity contribution in [2.75, 3.05) is 5.32 Å². The summed E-state index contributed by atoms with van der Waals surface area (Å²) in [5.74, 6) is 0.511. The van der Waals surface area contributed by atoms with Gasteiger partial charge in [0.25, 0.3) is 5.91 Å². The third-order valence-electron chi connectivity index (χ3n) is 3.83. The number of hydrogen-bond donors (Lipinski definition) is 1. The van der Waals surface area contributed by atoms with Crippen LogP contribution in [-0.2, 0) is 19.9 Å². The Kier molecular flexibility index (Phi) is 3.88. The fourth-order valence-electron chi connectivity index (χ4n) is 2.90. The number of anilines is 1. The summed E-state index contributed by atoms with van der Waals surface area (Å²) in [4.78, 5) is 12.6. The number of amides is 1. The summed E-state index contributed by atoms with van der Waals surface area (Å²) in [5.41, 5.74) is 3.48. The molecule has 0 spiro atoms. The van der Waals surface area contributed by atoms with Gasteiger partial charge in [-0.15, -0.1) is 0 Å². The Morgan fingerprint density at radius 2 is 2.09 bits per heavy atom. The van der Waals surface area contributed by atoms with E-state index in [4.69, 9.17) is 4.74 Å². The Bertz CT molecular complexity index is 704. The van der Waals surface area contributed by atoms with E-state index >= 15 is 0 Å². The molecule has 5 heteroatoms. The molecule has 0 saturated heterocycles. The minimum atomic E-state index is -0.168. The standard InChI is InChI=1S/C17H21N3O2/c1-11(2)22-15-10-5-4-8-13(15)18-17(21)16-12-7-6-9-14(12)20(3)19-16/h4-5,8,10-11H,6-7,9H2,1-3H3,(H,18,21). The van der Waals surface area contributed by atoms with Gasteiger partial charge < -0.3 is 10.1 Å². The van der Waals surface area contributed by atoms with E-state index in [0.29, 0.717) is 17.1 Å². The van der Waals surface area contributed by atoms with E-state index in [1.54, 1.807) is 0 Å². The molecule has 0 fully saturated rings. The second-order valence-corrected chi connectivity index (χ2v) is 5.87. The topological polar surface area (TPSA) is 56.1 Å². The summed E-state index contributed by atoms with van der Waals surface area (Å²) >= 11 is 0. The molecule has 2 aromatic rings. The van der Waals surface area contributed by atoms with Crippen molar-refractivity contribution in [2.24, 2.45) is 7.05 Å². The van der Waals surface area contributed by atoms with Gasteiger partial charge in [-0.1, -0.05) is 12.1 Å². The number of rotatable bonds is 4. The van der Waals surface area contributed by atoms with Crippen LogP contribution < -0.4 is 10.1 Å². The highest BCUT2D eigenvalue weighted by atomic mass is 16.5. The maximum Gasteiger partial charge on any atom is 0.276 e. The van der Waals surface area contributed by atoms with Crippen molar-refractivity contribution in [3.05, 3.63) is 41.2 Å². The van der Waals surface area contributed by atoms with Crippen LogP contribution in [0.25, 0.3) is 0 Å². The molecule has 0 radical (unpaired) electrons. The third-order valence-corrected chi connectivity index (χ3v) is 3.83. The number of benzene rings is 1. The number of para-hydroxylation sites is 2. The summed E-state index contributed by atoms with van der Waals surface area (Å²) in [6.07, 6.45) is 3.07. The lowest BCUT2D eigenvalue weighted by Gasteiger charge is -2.14. The minimum Gasteiger partial charge on any atom is -0.489 e. The molecule has 0 aliphatic heterocycles. The van der Waals surface area contributed by atoms with Crippen LogP contribution in [0.4, 0.5) is 5.69 Å². The molecular formula is C17H21N3O2. The second-order valence-electron chi connectivity index (χ2n) is 5.87. The molecule has 1 N–H and O–H groups in total. The normalized spacial score (nSPS) is 13.3. The van der Waals surface area contributed by atoms with Crippen molar-refractivity contribution in [2.45, 2.75) is 39.2 Å². The monoisotopic (exact) mass is 299 g/mol. The predicted molar refractivity (Wildman–Crippen MR) is 85.4 cm³/mol. The summed E-state index contributed by atoms with van der Waals surface area (Å²) in [6, 6.07) is 7.48. The molecule has 116 valence electrons. The second kappa shape index (κ2) is 5.83. The molecule has 22 heavy (non-hydrogen) atoms. The molecule has 0 saturated carbocycles. The van der Waals surface area contributed by atoms with Gasteiger partial charge in [-0.05, 0) is 45.2 Å². The number of carbonyl (C=O) groups excluding carboxylic acids is 1. The van der Waals surface area contributed by atoms with Gasteiger partial charge in [0.05, 0.1) is 11.8 Å². The highest BCUT2D eigenvalue weighted by molar-refractivity contribution is 6.04. The van der Waals surface area contributed by atoms with E-state index in [9.17, 15) is 4.79 Å². The minimum absolute atomic E-state index is 0.0529. The Morgan fingerprint density at radius 1 is 1.32 bits per heavy atom. The summed E-state index contributed by atoms with van der Waals surface area (Å²) in [7, 11) is 1.90. The first-order valence-electron chi connectivity index (χ1n) is 7.68. The number of hydrogen-bond acceptors (Lipinski definition) is 3. The van der Waals surface area contributed by atoms with Crippen LogP contribution >= 0.6 is 0 Å². The zero-order valence-electron chi connectivity index (χ0n) is 13.2. The molecule has 1 aromatic carbocycles. The van der Waals surface area contributed by atoms with Crippen LogP contribution in [0.5, 0.6) is 5.75 Å². The highest BCUT2D eigenvalue weighted by Gasteiger charge is 2.25. The Balaban J connectivity index is 1.85. The fourth-order valence-corrected chi connectivity index (χ4v) is 2.90. The molecule has 0 bridgehead atoms.